The Labute approximate surface area is 194 Å². The van der Waals surface area contributed by atoms with E-state index < -0.39 is 29.7 Å². The number of nitrogens with zero attached hydrogens (tertiary/aromatic N) is 1. The molecule has 8 nitrogen and oxygen atoms in total. The van der Waals surface area contributed by atoms with Crippen LogP contribution in [0.4, 0.5) is 4.79 Å². The Balaban J connectivity index is 2.23. The highest BCUT2D eigenvalue weighted by atomic mass is 16.6. The van der Waals surface area contributed by atoms with E-state index in [1.807, 2.05) is 30.3 Å². The number of alkyl carbamates (subject to hydrolysis) is 1. The molecule has 0 bridgehead atoms. The van der Waals surface area contributed by atoms with Crippen LogP contribution in [0.1, 0.15) is 50.4 Å². The fourth-order valence-corrected chi connectivity index (χ4v) is 3.26. The maximum atomic E-state index is 13.2. The minimum atomic E-state index is -0.969. The van der Waals surface area contributed by atoms with Crippen molar-refractivity contribution < 1.29 is 24.2 Å². The largest absolute Gasteiger partial charge is 0.508 e. The molecule has 3 N–H and O–H groups in total. The number of aryl methyl sites for hydroxylation is 1. The van der Waals surface area contributed by atoms with Crippen molar-refractivity contribution in [2.75, 3.05) is 7.05 Å². The number of aromatic hydroxyl groups is 1. The molecule has 0 fully saturated rings. The summed E-state index contributed by atoms with van der Waals surface area (Å²) in [6.07, 6.45) is -0.720. The second kappa shape index (κ2) is 10.8. The quantitative estimate of drug-likeness (QED) is 0.593. The van der Waals surface area contributed by atoms with Crippen LogP contribution in [0.3, 0.4) is 0 Å². The summed E-state index contributed by atoms with van der Waals surface area (Å²) in [5, 5.41) is 15.3. The molecule has 8 heteroatoms. The van der Waals surface area contributed by atoms with Crippen molar-refractivity contribution in [3.63, 3.8) is 0 Å². The molecule has 0 heterocycles. The second-order valence-electron chi connectivity index (χ2n) is 8.97. The van der Waals surface area contributed by atoms with Gasteiger partial charge in [-0.1, -0.05) is 36.4 Å². The number of hydrogen-bond acceptors (Lipinski definition) is 5. The topological polar surface area (TPSA) is 108 Å². The van der Waals surface area contributed by atoms with E-state index in [2.05, 4.69) is 10.6 Å². The zero-order chi connectivity index (χ0) is 24.8. The van der Waals surface area contributed by atoms with E-state index >= 15 is 0 Å². The normalized spacial score (nSPS) is 12.9. The summed E-state index contributed by atoms with van der Waals surface area (Å²) in [5.74, 6) is -0.758. The summed E-state index contributed by atoms with van der Waals surface area (Å²) in [7, 11) is 1.50. The van der Waals surface area contributed by atoms with Gasteiger partial charge in [0, 0.05) is 13.6 Å². The SMILES string of the molecule is Cc1cc(C(C(=O)NCc2ccccc2)N(C)C(=O)C(C)NC(=O)OC(C)(C)C)ccc1O. The number of carbonyl (C=O) groups is 3. The lowest BCUT2D eigenvalue weighted by molar-refractivity contribution is -0.140. The van der Waals surface area contributed by atoms with E-state index in [4.69, 9.17) is 4.74 Å². The number of phenolic OH excluding ortho intramolecular Hbond substituents is 1. The van der Waals surface area contributed by atoms with Crippen molar-refractivity contribution in [2.24, 2.45) is 0 Å². The second-order valence-corrected chi connectivity index (χ2v) is 8.97. The Morgan fingerprint density at radius 1 is 1.09 bits per heavy atom. The fourth-order valence-electron chi connectivity index (χ4n) is 3.26. The molecule has 0 spiro atoms. The molecule has 33 heavy (non-hydrogen) atoms. The van der Waals surface area contributed by atoms with Gasteiger partial charge >= 0.3 is 6.09 Å². The van der Waals surface area contributed by atoms with Crippen LogP contribution in [0, 0.1) is 6.92 Å². The van der Waals surface area contributed by atoms with Crippen molar-refractivity contribution in [3.05, 3.63) is 65.2 Å². The maximum absolute atomic E-state index is 13.2. The number of phenols is 1. The first kappa shape index (κ1) is 25.7. The molecular formula is C25H33N3O5. The molecule has 0 aliphatic rings. The Hall–Kier alpha value is -3.55. The molecule has 2 aromatic carbocycles. The van der Waals surface area contributed by atoms with Crippen LogP contribution in [-0.2, 0) is 20.9 Å². The monoisotopic (exact) mass is 455 g/mol. The van der Waals surface area contributed by atoms with E-state index in [1.54, 1.807) is 39.8 Å². The molecular weight excluding hydrogens is 422 g/mol. The van der Waals surface area contributed by atoms with Crippen molar-refractivity contribution in [2.45, 2.75) is 58.8 Å². The van der Waals surface area contributed by atoms with Gasteiger partial charge in [-0.3, -0.25) is 9.59 Å². The van der Waals surface area contributed by atoms with Gasteiger partial charge < -0.3 is 25.4 Å². The van der Waals surface area contributed by atoms with Crippen molar-refractivity contribution >= 4 is 17.9 Å². The molecule has 0 aliphatic heterocycles. The van der Waals surface area contributed by atoms with Gasteiger partial charge in [-0.05, 0) is 63.4 Å². The fraction of sp³-hybridized carbons (Fsp3) is 0.400. The van der Waals surface area contributed by atoms with E-state index in [-0.39, 0.29) is 11.7 Å². The Morgan fingerprint density at radius 2 is 1.73 bits per heavy atom. The Bertz CT molecular complexity index is 985. The first-order chi connectivity index (χ1) is 15.4. The van der Waals surface area contributed by atoms with Gasteiger partial charge in [-0.25, -0.2) is 4.79 Å². The molecule has 2 aromatic rings. The van der Waals surface area contributed by atoms with E-state index in [9.17, 15) is 19.5 Å². The third-order valence-corrected chi connectivity index (χ3v) is 4.93. The number of amides is 3. The van der Waals surface area contributed by atoms with Crippen LogP contribution in [0.5, 0.6) is 5.75 Å². The summed E-state index contributed by atoms with van der Waals surface area (Å²) in [5.41, 5.74) is 1.33. The zero-order valence-corrected chi connectivity index (χ0v) is 20.0. The summed E-state index contributed by atoms with van der Waals surface area (Å²) in [4.78, 5) is 39.7. The number of nitrogens with one attached hydrogen (secondary N) is 2. The molecule has 3 amide bonds. The van der Waals surface area contributed by atoms with Gasteiger partial charge in [0.2, 0.25) is 11.8 Å². The van der Waals surface area contributed by atoms with Crippen LogP contribution < -0.4 is 10.6 Å². The average Bonchev–Trinajstić information content (AvgIpc) is 2.73. The van der Waals surface area contributed by atoms with Crippen LogP contribution in [0.25, 0.3) is 0 Å². The first-order valence-corrected chi connectivity index (χ1v) is 10.8. The molecule has 0 aliphatic carbocycles. The molecule has 0 radical (unpaired) electrons. The number of carbonyl (C=O) groups excluding carboxylic acids is 3. The van der Waals surface area contributed by atoms with Crippen molar-refractivity contribution in [3.8, 4) is 5.75 Å². The molecule has 0 aromatic heterocycles. The smallest absolute Gasteiger partial charge is 0.408 e. The standard InChI is InChI=1S/C25H33N3O5/c1-16-14-19(12-13-20(16)29)21(22(30)26-15-18-10-8-7-9-11-18)28(6)23(31)17(2)27-24(32)33-25(3,4)5/h7-14,17,21,29H,15H2,1-6H3,(H,26,30)(H,27,32). The van der Waals surface area contributed by atoms with Gasteiger partial charge in [0.15, 0.2) is 0 Å². The van der Waals surface area contributed by atoms with Crippen LogP contribution in [-0.4, -0.2) is 46.6 Å². The summed E-state index contributed by atoms with van der Waals surface area (Å²) < 4.78 is 5.22. The van der Waals surface area contributed by atoms with Crippen LogP contribution in [0.15, 0.2) is 48.5 Å². The number of hydrogen-bond donors (Lipinski definition) is 3. The summed E-state index contributed by atoms with van der Waals surface area (Å²) in [6.45, 7) is 8.72. The van der Waals surface area contributed by atoms with Crippen LogP contribution >= 0.6 is 0 Å². The van der Waals surface area contributed by atoms with Gasteiger partial charge in [0.05, 0.1) is 0 Å². The van der Waals surface area contributed by atoms with E-state index in [0.717, 1.165) is 5.56 Å². The minimum absolute atomic E-state index is 0.0936. The lowest BCUT2D eigenvalue weighted by Gasteiger charge is -2.30. The molecule has 0 saturated carbocycles. The number of ether oxygens (including phenoxy) is 1. The predicted octanol–water partition coefficient (Wildman–Crippen LogP) is 3.43. The van der Waals surface area contributed by atoms with Crippen molar-refractivity contribution in [1.82, 2.24) is 15.5 Å². The van der Waals surface area contributed by atoms with Crippen molar-refractivity contribution in [1.29, 1.82) is 0 Å². The molecule has 178 valence electrons. The third kappa shape index (κ3) is 7.52. The predicted molar refractivity (Wildman–Crippen MR) is 125 cm³/mol. The Kier molecular flexibility index (Phi) is 8.45. The highest BCUT2D eigenvalue weighted by Gasteiger charge is 2.32. The van der Waals surface area contributed by atoms with E-state index in [1.165, 1.54) is 24.9 Å². The number of rotatable bonds is 7. The third-order valence-electron chi connectivity index (χ3n) is 4.93. The molecule has 2 unspecified atom stereocenters. The first-order valence-electron chi connectivity index (χ1n) is 10.8. The van der Waals surface area contributed by atoms with E-state index in [0.29, 0.717) is 17.7 Å². The average molecular weight is 456 g/mol. The summed E-state index contributed by atoms with van der Waals surface area (Å²) in [6, 6.07) is 12.3. The maximum Gasteiger partial charge on any atom is 0.408 e. The lowest BCUT2D eigenvalue weighted by Crippen LogP contribution is -2.50. The number of benzene rings is 2. The van der Waals surface area contributed by atoms with Gasteiger partial charge in [0.1, 0.15) is 23.4 Å². The molecule has 2 rings (SSSR count). The summed E-state index contributed by atoms with van der Waals surface area (Å²) >= 11 is 0. The molecule has 2 atom stereocenters. The van der Waals surface area contributed by atoms with Gasteiger partial charge in [-0.2, -0.15) is 0 Å². The van der Waals surface area contributed by atoms with Gasteiger partial charge in [-0.15, -0.1) is 0 Å². The number of likely N-dealkylation sites (N-methyl/N-ethyl adjacent to an activating group) is 1. The Morgan fingerprint density at radius 3 is 2.30 bits per heavy atom. The highest BCUT2D eigenvalue weighted by Crippen LogP contribution is 2.26. The highest BCUT2D eigenvalue weighted by molar-refractivity contribution is 5.91. The van der Waals surface area contributed by atoms with Gasteiger partial charge in [0.25, 0.3) is 0 Å². The minimum Gasteiger partial charge on any atom is -0.508 e. The molecule has 0 saturated heterocycles. The lowest BCUT2D eigenvalue weighted by atomic mass is 10.0. The van der Waals surface area contributed by atoms with Crippen LogP contribution in [0.2, 0.25) is 0 Å². The zero-order valence-electron chi connectivity index (χ0n) is 20.0.